The largest absolute Gasteiger partial charge is 0.478 e. The van der Waals surface area contributed by atoms with E-state index in [1.165, 1.54) is 22.6 Å². The standard InChI is InChI=1S/C10H9ClN4O2S/c1-15-13-9(12-14-15)5-18-6-2-3-8(11)7(4-6)10(16)17/h2-4H,5H2,1H3,(H,16,17). The number of benzene rings is 1. The molecule has 0 aliphatic heterocycles. The summed E-state index contributed by atoms with van der Waals surface area (Å²) in [4.78, 5) is 13.1. The number of rotatable bonds is 4. The lowest BCUT2D eigenvalue weighted by atomic mass is 10.2. The van der Waals surface area contributed by atoms with E-state index >= 15 is 0 Å². The smallest absolute Gasteiger partial charge is 0.337 e. The number of nitrogens with zero attached hydrogens (tertiary/aromatic N) is 4. The van der Waals surface area contributed by atoms with Crippen LogP contribution in [0.15, 0.2) is 23.1 Å². The van der Waals surface area contributed by atoms with Gasteiger partial charge in [0.1, 0.15) is 0 Å². The van der Waals surface area contributed by atoms with Gasteiger partial charge in [0, 0.05) is 4.90 Å². The molecule has 0 fully saturated rings. The zero-order valence-electron chi connectivity index (χ0n) is 9.37. The van der Waals surface area contributed by atoms with Gasteiger partial charge in [-0.2, -0.15) is 4.80 Å². The lowest BCUT2D eigenvalue weighted by molar-refractivity contribution is 0.0697. The molecule has 1 aromatic carbocycles. The predicted octanol–water partition coefficient (Wildman–Crippen LogP) is 1.85. The van der Waals surface area contributed by atoms with Crippen molar-refractivity contribution < 1.29 is 9.90 Å². The summed E-state index contributed by atoms with van der Waals surface area (Å²) in [7, 11) is 1.69. The van der Waals surface area contributed by atoms with Crippen LogP contribution >= 0.6 is 23.4 Å². The summed E-state index contributed by atoms with van der Waals surface area (Å²) in [6.45, 7) is 0. The number of thioether (sulfide) groups is 1. The first-order chi connectivity index (χ1) is 8.56. The third kappa shape index (κ3) is 2.99. The van der Waals surface area contributed by atoms with E-state index in [2.05, 4.69) is 15.4 Å². The van der Waals surface area contributed by atoms with Crippen LogP contribution in [0.25, 0.3) is 0 Å². The van der Waals surface area contributed by atoms with Gasteiger partial charge in [0.15, 0.2) is 5.82 Å². The van der Waals surface area contributed by atoms with Gasteiger partial charge >= 0.3 is 5.97 Å². The number of hydrogen-bond acceptors (Lipinski definition) is 5. The van der Waals surface area contributed by atoms with Crippen LogP contribution in [0.4, 0.5) is 0 Å². The van der Waals surface area contributed by atoms with Gasteiger partial charge in [-0.25, -0.2) is 4.79 Å². The van der Waals surface area contributed by atoms with Crippen molar-refractivity contribution in [3.63, 3.8) is 0 Å². The third-order valence-corrected chi connectivity index (χ3v) is 3.41. The maximum Gasteiger partial charge on any atom is 0.337 e. The highest BCUT2D eigenvalue weighted by atomic mass is 35.5. The van der Waals surface area contributed by atoms with E-state index in [0.29, 0.717) is 11.6 Å². The highest BCUT2D eigenvalue weighted by Gasteiger charge is 2.10. The van der Waals surface area contributed by atoms with Gasteiger partial charge in [0.2, 0.25) is 0 Å². The zero-order chi connectivity index (χ0) is 13.1. The van der Waals surface area contributed by atoms with Crippen molar-refractivity contribution in [3.05, 3.63) is 34.6 Å². The minimum atomic E-state index is -1.04. The van der Waals surface area contributed by atoms with Crippen LogP contribution in [-0.2, 0) is 12.8 Å². The van der Waals surface area contributed by atoms with E-state index in [1.54, 1.807) is 19.2 Å². The Morgan fingerprint density at radius 1 is 1.56 bits per heavy atom. The molecule has 1 heterocycles. The normalized spacial score (nSPS) is 10.6. The minimum absolute atomic E-state index is 0.0915. The summed E-state index contributed by atoms with van der Waals surface area (Å²) < 4.78 is 0. The van der Waals surface area contributed by atoms with Crippen LogP contribution in [0.5, 0.6) is 0 Å². The predicted molar refractivity (Wildman–Crippen MR) is 66.8 cm³/mol. The molecular formula is C10H9ClN4O2S. The monoisotopic (exact) mass is 284 g/mol. The Morgan fingerprint density at radius 3 is 2.94 bits per heavy atom. The van der Waals surface area contributed by atoms with Crippen molar-refractivity contribution in [3.8, 4) is 0 Å². The van der Waals surface area contributed by atoms with Crippen LogP contribution in [0.1, 0.15) is 16.2 Å². The van der Waals surface area contributed by atoms with Gasteiger partial charge in [-0.15, -0.1) is 22.0 Å². The maximum atomic E-state index is 10.9. The van der Waals surface area contributed by atoms with E-state index in [-0.39, 0.29) is 10.6 Å². The van der Waals surface area contributed by atoms with Crippen molar-refractivity contribution in [2.75, 3.05) is 0 Å². The quantitative estimate of drug-likeness (QED) is 0.863. The third-order valence-electron chi connectivity index (χ3n) is 2.09. The number of aromatic nitrogens is 4. The van der Waals surface area contributed by atoms with Crippen molar-refractivity contribution >= 4 is 29.3 Å². The van der Waals surface area contributed by atoms with Crippen LogP contribution < -0.4 is 0 Å². The highest BCUT2D eigenvalue weighted by molar-refractivity contribution is 7.98. The van der Waals surface area contributed by atoms with Crippen molar-refractivity contribution in [2.45, 2.75) is 10.6 Å². The minimum Gasteiger partial charge on any atom is -0.478 e. The average Bonchev–Trinajstić information content (AvgIpc) is 2.74. The summed E-state index contributed by atoms with van der Waals surface area (Å²) in [5, 5.41) is 20.8. The van der Waals surface area contributed by atoms with E-state index < -0.39 is 5.97 Å². The van der Waals surface area contributed by atoms with Crippen molar-refractivity contribution in [2.24, 2.45) is 7.05 Å². The highest BCUT2D eigenvalue weighted by Crippen LogP contribution is 2.26. The molecule has 94 valence electrons. The number of aryl methyl sites for hydroxylation is 1. The first-order valence-corrected chi connectivity index (χ1v) is 6.31. The fourth-order valence-electron chi connectivity index (χ4n) is 1.29. The number of carbonyl (C=O) groups is 1. The second-order valence-corrected chi connectivity index (χ2v) is 4.89. The molecule has 18 heavy (non-hydrogen) atoms. The zero-order valence-corrected chi connectivity index (χ0v) is 10.9. The molecule has 8 heteroatoms. The van der Waals surface area contributed by atoms with E-state index in [4.69, 9.17) is 16.7 Å². The fourth-order valence-corrected chi connectivity index (χ4v) is 2.26. The first-order valence-electron chi connectivity index (χ1n) is 4.95. The number of hydrogen-bond donors (Lipinski definition) is 1. The van der Waals surface area contributed by atoms with E-state index in [9.17, 15) is 4.79 Å². The van der Waals surface area contributed by atoms with Gasteiger partial charge in [-0.05, 0) is 23.4 Å². The average molecular weight is 285 g/mol. The molecule has 0 atom stereocenters. The van der Waals surface area contributed by atoms with Gasteiger partial charge in [0.05, 0.1) is 23.4 Å². The Hall–Kier alpha value is -1.60. The van der Waals surface area contributed by atoms with Gasteiger partial charge in [-0.1, -0.05) is 11.6 Å². The molecule has 0 amide bonds. The van der Waals surface area contributed by atoms with Crippen LogP contribution in [0.3, 0.4) is 0 Å². The van der Waals surface area contributed by atoms with Crippen LogP contribution in [0.2, 0.25) is 5.02 Å². The number of tetrazole rings is 1. The van der Waals surface area contributed by atoms with Crippen LogP contribution in [-0.4, -0.2) is 31.3 Å². The Balaban J connectivity index is 2.10. The molecule has 0 unspecified atom stereocenters. The molecule has 0 aliphatic carbocycles. The van der Waals surface area contributed by atoms with E-state index in [0.717, 1.165) is 4.90 Å². The van der Waals surface area contributed by atoms with Gasteiger partial charge < -0.3 is 5.11 Å². The summed E-state index contributed by atoms with van der Waals surface area (Å²) in [5.74, 6) is 0.0727. The number of aromatic carboxylic acids is 1. The Morgan fingerprint density at radius 2 is 2.33 bits per heavy atom. The second kappa shape index (κ2) is 5.36. The first kappa shape index (κ1) is 12.8. The van der Waals surface area contributed by atoms with Gasteiger partial charge in [-0.3, -0.25) is 0 Å². The van der Waals surface area contributed by atoms with Gasteiger partial charge in [0.25, 0.3) is 0 Å². The summed E-state index contributed by atoms with van der Waals surface area (Å²) in [6, 6.07) is 4.86. The molecule has 2 rings (SSSR count). The number of carboxylic acids is 1. The molecule has 1 aromatic heterocycles. The molecule has 0 saturated carbocycles. The summed E-state index contributed by atoms with van der Waals surface area (Å²) in [6.07, 6.45) is 0. The lowest BCUT2D eigenvalue weighted by Crippen LogP contribution is -1.97. The van der Waals surface area contributed by atoms with Crippen LogP contribution in [0, 0.1) is 0 Å². The molecule has 0 aliphatic rings. The maximum absolute atomic E-state index is 10.9. The molecular weight excluding hydrogens is 276 g/mol. The molecule has 1 N–H and O–H groups in total. The Labute approximate surface area is 112 Å². The summed E-state index contributed by atoms with van der Waals surface area (Å²) in [5.41, 5.74) is 0.0915. The molecule has 0 spiro atoms. The van der Waals surface area contributed by atoms with E-state index in [1.807, 2.05) is 0 Å². The molecule has 0 bridgehead atoms. The summed E-state index contributed by atoms with van der Waals surface area (Å²) >= 11 is 7.21. The molecule has 0 saturated heterocycles. The number of carboxylic acid groups (broad SMARTS) is 1. The Kier molecular flexibility index (Phi) is 3.83. The lowest BCUT2D eigenvalue weighted by Gasteiger charge is -2.02. The molecule has 0 radical (unpaired) electrons. The topological polar surface area (TPSA) is 80.9 Å². The van der Waals surface area contributed by atoms with Crippen molar-refractivity contribution in [1.29, 1.82) is 0 Å². The Bertz CT molecular complexity index is 587. The SMILES string of the molecule is Cn1nnc(CSc2ccc(Cl)c(C(=O)O)c2)n1. The fraction of sp³-hybridized carbons (Fsp3) is 0.200. The second-order valence-electron chi connectivity index (χ2n) is 3.43. The van der Waals surface area contributed by atoms with Crippen molar-refractivity contribution in [1.82, 2.24) is 20.2 Å². The number of halogens is 1. The molecule has 2 aromatic rings. The molecule has 6 nitrogen and oxygen atoms in total.